The summed E-state index contributed by atoms with van der Waals surface area (Å²) in [5, 5.41) is 5.59. The molecule has 9 heteroatoms. The second-order valence-electron chi connectivity index (χ2n) is 9.71. The van der Waals surface area contributed by atoms with Gasteiger partial charge in [-0.3, -0.25) is 9.88 Å². The molecule has 2 aliphatic rings. The van der Waals surface area contributed by atoms with Crippen LogP contribution in [-0.2, 0) is 24.2 Å². The molecule has 0 saturated carbocycles. The minimum Gasteiger partial charge on any atom is -0.377 e. The van der Waals surface area contributed by atoms with Crippen LogP contribution in [0.5, 0.6) is 0 Å². The minimum atomic E-state index is -0.216. The van der Waals surface area contributed by atoms with Crippen LogP contribution in [0.15, 0.2) is 42.5 Å². The molecule has 2 amide bonds. The molecule has 4 heterocycles. The number of carbonyl (C=O) groups is 1. The number of amides is 2. The quantitative estimate of drug-likeness (QED) is 0.531. The summed E-state index contributed by atoms with van der Waals surface area (Å²) in [5.41, 5.74) is 6.07. The van der Waals surface area contributed by atoms with Crippen LogP contribution < -0.4 is 15.5 Å². The summed E-state index contributed by atoms with van der Waals surface area (Å²) in [6, 6.07) is 13.9. The van der Waals surface area contributed by atoms with E-state index < -0.39 is 0 Å². The molecule has 0 spiro atoms. The molecule has 0 bridgehead atoms. The zero-order valence-electron chi connectivity index (χ0n) is 21.8. The van der Waals surface area contributed by atoms with Gasteiger partial charge in [0, 0.05) is 55.2 Å². The van der Waals surface area contributed by atoms with Crippen LogP contribution in [0.1, 0.15) is 36.5 Å². The van der Waals surface area contributed by atoms with Gasteiger partial charge in [-0.05, 0) is 63.6 Å². The van der Waals surface area contributed by atoms with Gasteiger partial charge in [0.15, 0.2) is 5.82 Å². The number of hydrogen-bond acceptors (Lipinski definition) is 7. The average Bonchev–Trinajstić information content (AvgIpc) is 2.89. The van der Waals surface area contributed by atoms with Crippen molar-refractivity contribution in [1.82, 2.24) is 25.2 Å². The lowest BCUT2D eigenvalue weighted by Crippen LogP contribution is -2.45. The van der Waals surface area contributed by atoms with E-state index in [2.05, 4.69) is 39.5 Å². The first kappa shape index (κ1) is 25.1. The van der Waals surface area contributed by atoms with E-state index in [0.717, 1.165) is 66.8 Å². The van der Waals surface area contributed by atoms with Gasteiger partial charge in [0.2, 0.25) is 0 Å². The largest absolute Gasteiger partial charge is 0.377 e. The maximum Gasteiger partial charge on any atom is 0.319 e. The molecule has 1 aromatic carbocycles. The smallest absolute Gasteiger partial charge is 0.319 e. The molecule has 194 valence electrons. The van der Waals surface area contributed by atoms with E-state index in [1.807, 2.05) is 44.2 Å². The van der Waals surface area contributed by atoms with Crippen LogP contribution in [0, 0.1) is 6.92 Å². The number of urea groups is 1. The van der Waals surface area contributed by atoms with Gasteiger partial charge in [-0.2, -0.15) is 0 Å². The maximum absolute atomic E-state index is 11.9. The first-order valence-electron chi connectivity index (χ1n) is 13.0. The van der Waals surface area contributed by atoms with Crippen LogP contribution in [0.25, 0.3) is 11.4 Å². The molecule has 0 radical (unpaired) electrons. The first-order valence-corrected chi connectivity index (χ1v) is 13.0. The number of aryl methyl sites for hydroxylation is 1. The molecule has 0 aliphatic carbocycles. The number of ether oxygens (including phenoxy) is 1. The van der Waals surface area contributed by atoms with Crippen molar-refractivity contribution in [2.45, 2.75) is 46.3 Å². The van der Waals surface area contributed by atoms with Crippen LogP contribution in [0.3, 0.4) is 0 Å². The van der Waals surface area contributed by atoms with E-state index in [-0.39, 0.29) is 12.1 Å². The van der Waals surface area contributed by atoms with Gasteiger partial charge < -0.3 is 20.3 Å². The lowest BCUT2D eigenvalue weighted by Gasteiger charge is -2.37. The maximum atomic E-state index is 11.9. The lowest BCUT2D eigenvalue weighted by molar-refractivity contribution is 0.0983. The highest BCUT2D eigenvalue weighted by molar-refractivity contribution is 5.89. The molecule has 1 saturated heterocycles. The van der Waals surface area contributed by atoms with Crippen molar-refractivity contribution in [3.05, 3.63) is 65.1 Å². The van der Waals surface area contributed by atoms with Crippen molar-refractivity contribution >= 4 is 17.5 Å². The SMILES string of the molecule is CCNC(=O)Nc1ccc(-c2nc3c(c(N4CCOC[C@@H]4C)n2)CCN(Cc2cccc(C)n2)C3)cc1. The van der Waals surface area contributed by atoms with E-state index in [1.54, 1.807) is 0 Å². The zero-order chi connectivity index (χ0) is 25.8. The molecule has 1 atom stereocenters. The Hall–Kier alpha value is -3.56. The Morgan fingerprint density at radius 1 is 1.11 bits per heavy atom. The highest BCUT2D eigenvalue weighted by atomic mass is 16.5. The van der Waals surface area contributed by atoms with E-state index in [0.29, 0.717) is 25.6 Å². The van der Waals surface area contributed by atoms with Crippen LogP contribution in [0.4, 0.5) is 16.3 Å². The number of hydrogen-bond donors (Lipinski definition) is 2. The van der Waals surface area contributed by atoms with E-state index in [4.69, 9.17) is 19.7 Å². The van der Waals surface area contributed by atoms with Crippen molar-refractivity contribution < 1.29 is 9.53 Å². The Morgan fingerprint density at radius 3 is 2.70 bits per heavy atom. The monoisotopic (exact) mass is 501 g/mol. The number of pyridine rings is 1. The van der Waals surface area contributed by atoms with Gasteiger partial charge in [-0.15, -0.1) is 0 Å². The van der Waals surface area contributed by atoms with E-state index in [9.17, 15) is 4.79 Å². The molecule has 3 aromatic rings. The molecule has 5 rings (SSSR count). The van der Waals surface area contributed by atoms with Crippen molar-refractivity contribution in [3.8, 4) is 11.4 Å². The Morgan fingerprint density at radius 2 is 1.95 bits per heavy atom. The molecule has 2 N–H and O–H groups in total. The Kier molecular flexibility index (Phi) is 7.62. The minimum absolute atomic E-state index is 0.216. The molecule has 1 fully saturated rings. The van der Waals surface area contributed by atoms with Crippen molar-refractivity contribution in [3.63, 3.8) is 0 Å². The summed E-state index contributed by atoms with van der Waals surface area (Å²) in [7, 11) is 0. The lowest BCUT2D eigenvalue weighted by atomic mass is 10.0. The zero-order valence-corrected chi connectivity index (χ0v) is 21.8. The number of nitrogens with one attached hydrogen (secondary N) is 2. The highest BCUT2D eigenvalue weighted by Gasteiger charge is 2.29. The number of benzene rings is 1. The first-order chi connectivity index (χ1) is 18.0. The summed E-state index contributed by atoms with van der Waals surface area (Å²) in [5.74, 6) is 1.72. The summed E-state index contributed by atoms with van der Waals surface area (Å²) in [4.78, 5) is 31.5. The number of nitrogens with zero attached hydrogens (tertiary/aromatic N) is 5. The molecule has 0 unspecified atom stereocenters. The van der Waals surface area contributed by atoms with Crippen molar-refractivity contribution in [2.24, 2.45) is 0 Å². The van der Waals surface area contributed by atoms with Gasteiger partial charge >= 0.3 is 6.03 Å². The fourth-order valence-electron chi connectivity index (χ4n) is 4.96. The van der Waals surface area contributed by atoms with E-state index >= 15 is 0 Å². The van der Waals surface area contributed by atoms with Gasteiger partial charge in [0.1, 0.15) is 5.82 Å². The summed E-state index contributed by atoms with van der Waals surface area (Å²) >= 11 is 0. The fraction of sp³-hybridized carbons (Fsp3) is 0.429. The van der Waals surface area contributed by atoms with Crippen molar-refractivity contribution in [2.75, 3.05) is 43.1 Å². The van der Waals surface area contributed by atoms with Crippen LogP contribution in [-0.4, -0.2) is 64.8 Å². The highest BCUT2D eigenvalue weighted by Crippen LogP contribution is 2.32. The van der Waals surface area contributed by atoms with Crippen LogP contribution >= 0.6 is 0 Å². The van der Waals surface area contributed by atoms with E-state index in [1.165, 1.54) is 5.56 Å². The number of rotatable bonds is 6. The molecular formula is C28H35N7O2. The normalized spacial score (nSPS) is 17.8. The number of morpholine rings is 1. The third kappa shape index (κ3) is 5.89. The number of aromatic nitrogens is 3. The predicted molar refractivity (Wildman–Crippen MR) is 145 cm³/mol. The Bertz CT molecular complexity index is 1250. The van der Waals surface area contributed by atoms with Gasteiger partial charge in [0.05, 0.1) is 30.6 Å². The van der Waals surface area contributed by atoms with Crippen LogP contribution in [0.2, 0.25) is 0 Å². The third-order valence-corrected chi connectivity index (χ3v) is 6.83. The average molecular weight is 502 g/mol. The van der Waals surface area contributed by atoms with Gasteiger partial charge in [-0.1, -0.05) is 6.07 Å². The fourth-order valence-corrected chi connectivity index (χ4v) is 4.96. The molecule has 9 nitrogen and oxygen atoms in total. The summed E-state index contributed by atoms with van der Waals surface area (Å²) < 4.78 is 5.71. The molecular weight excluding hydrogens is 466 g/mol. The number of carbonyl (C=O) groups excluding carboxylic acids is 1. The second-order valence-corrected chi connectivity index (χ2v) is 9.71. The van der Waals surface area contributed by atoms with Crippen molar-refractivity contribution in [1.29, 1.82) is 0 Å². The number of anilines is 2. The molecule has 2 aromatic heterocycles. The van der Waals surface area contributed by atoms with Gasteiger partial charge in [0.25, 0.3) is 0 Å². The third-order valence-electron chi connectivity index (χ3n) is 6.83. The predicted octanol–water partition coefficient (Wildman–Crippen LogP) is 3.77. The number of fused-ring (bicyclic) bond motifs is 1. The Labute approximate surface area is 218 Å². The molecule has 2 aliphatic heterocycles. The second kappa shape index (κ2) is 11.2. The summed E-state index contributed by atoms with van der Waals surface area (Å²) in [6.07, 6.45) is 0.899. The standard InChI is InChI=1S/C28H35N7O2/c1-4-29-28(36)31-22-10-8-21(9-11-22)26-32-25-17-34(16-23-7-5-6-19(2)30-23)13-12-24(25)27(33-26)35-14-15-37-18-20(35)3/h5-11,20H,4,12-18H2,1-3H3,(H2,29,31,36)/t20-/m0/s1. The van der Waals surface area contributed by atoms with Gasteiger partial charge in [-0.25, -0.2) is 14.8 Å². The topological polar surface area (TPSA) is 95.5 Å². The molecule has 37 heavy (non-hydrogen) atoms. The Balaban J connectivity index is 1.45. The summed E-state index contributed by atoms with van der Waals surface area (Å²) in [6.45, 7) is 11.4.